The maximum absolute atomic E-state index is 5.67. The lowest BCUT2D eigenvalue weighted by Gasteiger charge is -2.07. The number of ether oxygens (including phenoxy) is 1. The van der Waals surface area contributed by atoms with Crippen molar-refractivity contribution >= 4 is 0 Å². The Labute approximate surface area is 100 Å². The third kappa shape index (κ3) is 3.04. The van der Waals surface area contributed by atoms with E-state index in [-0.39, 0.29) is 0 Å². The summed E-state index contributed by atoms with van der Waals surface area (Å²) in [6.45, 7) is 1.26. The van der Waals surface area contributed by atoms with E-state index < -0.39 is 0 Å². The number of hydrogen-bond acceptors (Lipinski definition) is 4. The molecule has 0 saturated heterocycles. The van der Waals surface area contributed by atoms with E-state index in [0.29, 0.717) is 6.61 Å². The minimum atomic E-state index is 0.430. The van der Waals surface area contributed by atoms with Crippen molar-refractivity contribution in [2.24, 2.45) is 7.05 Å². The van der Waals surface area contributed by atoms with E-state index in [9.17, 15) is 0 Å². The van der Waals surface area contributed by atoms with Crippen LogP contribution in [-0.2, 0) is 20.2 Å². The van der Waals surface area contributed by atoms with Crippen LogP contribution >= 0.6 is 0 Å². The molecule has 0 bridgehead atoms. The largest absolute Gasteiger partial charge is 0.486 e. The van der Waals surface area contributed by atoms with Crippen molar-refractivity contribution in [3.63, 3.8) is 0 Å². The van der Waals surface area contributed by atoms with E-state index >= 15 is 0 Å². The van der Waals surface area contributed by atoms with E-state index in [1.54, 1.807) is 6.33 Å². The molecule has 0 atom stereocenters. The number of benzene rings is 1. The fourth-order valence-corrected chi connectivity index (χ4v) is 1.54. The second-order valence-electron chi connectivity index (χ2n) is 3.82. The van der Waals surface area contributed by atoms with E-state index in [4.69, 9.17) is 4.74 Å². The van der Waals surface area contributed by atoms with Gasteiger partial charge in [0.2, 0.25) is 0 Å². The van der Waals surface area contributed by atoms with Gasteiger partial charge in [-0.15, -0.1) is 10.2 Å². The molecule has 5 nitrogen and oxygen atoms in total. The van der Waals surface area contributed by atoms with Crippen LogP contribution in [-0.4, -0.2) is 21.8 Å². The zero-order chi connectivity index (χ0) is 12.1. The molecular formula is C12H16N4O. The minimum absolute atomic E-state index is 0.430. The number of nitrogens with zero attached hydrogens (tertiary/aromatic N) is 3. The van der Waals surface area contributed by atoms with Crippen LogP contribution in [0.15, 0.2) is 30.6 Å². The molecule has 0 aliphatic rings. The molecule has 1 N–H and O–H groups in total. The van der Waals surface area contributed by atoms with Crippen LogP contribution in [0.1, 0.15) is 11.4 Å². The van der Waals surface area contributed by atoms with Crippen LogP contribution in [0.25, 0.3) is 0 Å². The van der Waals surface area contributed by atoms with Crippen LogP contribution in [0.2, 0.25) is 0 Å². The molecule has 0 spiro atoms. The van der Waals surface area contributed by atoms with Gasteiger partial charge in [0.25, 0.3) is 0 Å². The number of aryl methyl sites for hydroxylation is 1. The highest BCUT2D eigenvalue weighted by Gasteiger charge is 2.02. The summed E-state index contributed by atoms with van der Waals surface area (Å²) in [5.74, 6) is 1.66. The molecule has 1 aromatic carbocycles. The Balaban J connectivity index is 1.99. The van der Waals surface area contributed by atoms with Gasteiger partial charge in [-0.05, 0) is 24.7 Å². The molecule has 0 saturated carbocycles. The topological polar surface area (TPSA) is 52.0 Å². The third-order valence-corrected chi connectivity index (χ3v) is 2.45. The first-order chi connectivity index (χ1) is 8.29. The third-order valence-electron chi connectivity index (χ3n) is 2.45. The summed E-state index contributed by atoms with van der Waals surface area (Å²) in [4.78, 5) is 0. The van der Waals surface area contributed by atoms with Crippen LogP contribution in [0.4, 0.5) is 0 Å². The molecule has 0 aliphatic heterocycles. The molecule has 0 aliphatic carbocycles. The van der Waals surface area contributed by atoms with Gasteiger partial charge in [-0.3, -0.25) is 0 Å². The molecule has 2 aromatic rings. The summed E-state index contributed by atoms with van der Waals surface area (Å²) >= 11 is 0. The van der Waals surface area contributed by atoms with E-state index in [0.717, 1.165) is 18.1 Å². The molecule has 0 unspecified atom stereocenters. The first kappa shape index (κ1) is 11.6. The van der Waals surface area contributed by atoms with Crippen molar-refractivity contribution in [1.29, 1.82) is 0 Å². The van der Waals surface area contributed by atoms with Gasteiger partial charge in [0.1, 0.15) is 18.7 Å². The summed E-state index contributed by atoms with van der Waals surface area (Å²) in [5.41, 5.74) is 1.20. The van der Waals surface area contributed by atoms with Gasteiger partial charge in [-0.25, -0.2) is 0 Å². The van der Waals surface area contributed by atoms with E-state index in [1.165, 1.54) is 5.56 Å². The standard InChI is InChI=1S/C12H16N4O/c1-13-7-10-4-3-5-11(6-10)17-8-12-15-14-9-16(12)2/h3-6,9,13H,7-8H2,1-2H3. The number of nitrogens with one attached hydrogen (secondary N) is 1. The van der Waals surface area contributed by atoms with Crippen molar-refractivity contribution in [2.45, 2.75) is 13.2 Å². The molecule has 0 radical (unpaired) electrons. The monoisotopic (exact) mass is 232 g/mol. The summed E-state index contributed by atoms with van der Waals surface area (Å²) in [7, 11) is 3.82. The second-order valence-corrected chi connectivity index (χ2v) is 3.82. The van der Waals surface area contributed by atoms with Crippen LogP contribution in [0.3, 0.4) is 0 Å². The van der Waals surface area contributed by atoms with Crippen molar-refractivity contribution in [3.05, 3.63) is 42.0 Å². The van der Waals surface area contributed by atoms with Gasteiger partial charge in [0.15, 0.2) is 5.82 Å². The Morgan fingerprint density at radius 3 is 3.00 bits per heavy atom. The average Bonchev–Trinajstić information content (AvgIpc) is 2.73. The molecule has 90 valence electrons. The second kappa shape index (κ2) is 5.45. The minimum Gasteiger partial charge on any atom is -0.486 e. The zero-order valence-corrected chi connectivity index (χ0v) is 10.1. The van der Waals surface area contributed by atoms with Gasteiger partial charge in [0.05, 0.1) is 0 Å². The molecule has 1 aromatic heterocycles. The number of hydrogen-bond donors (Lipinski definition) is 1. The molecule has 0 fully saturated rings. The molecule has 5 heteroatoms. The van der Waals surface area contributed by atoms with E-state index in [1.807, 2.05) is 36.9 Å². The number of rotatable bonds is 5. The fourth-order valence-electron chi connectivity index (χ4n) is 1.54. The molecule has 17 heavy (non-hydrogen) atoms. The quantitative estimate of drug-likeness (QED) is 0.839. The first-order valence-corrected chi connectivity index (χ1v) is 5.49. The Morgan fingerprint density at radius 2 is 2.29 bits per heavy atom. The van der Waals surface area contributed by atoms with Crippen LogP contribution in [0.5, 0.6) is 5.75 Å². The predicted molar refractivity (Wildman–Crippen MR) is 64.5 cm³/mol. The van der Waals surface area contributed by atoms with Gasteiger partial charge in [-0.1, -0.05) is 12.1 Å². The molecule has 0 amide bonds. The SMILES string of the molecule is CNCc1cccc(OCc2nncn2C)c1. The van der Waals surface area contributed by atoms with Crippen LogP contribution in [0, 0.1) is 0 Å². The summed E-state index contributed by atoms with van der Waals surface area (Å²) in [6, 6.07) is 8.01. The summed E-state index contributed by atoms with van der Waals surface area (Å²) < 4.78 is 7.51. The Kier molecular flexibility index (Phi) is 3.72. The maximum Gasteiger partial charge on any atom is 0.170 e. The molecule has 1 heterocycles. The average molecular weight is 232 g/mol. The normalized spacial score (nSPS) is 10.5. The molecular weight excluding hydrogens is 216 g/mol. The lowest BCUT2D eigenvalue weighted by Crippen LogP contribution is -2.06. The van der Waals surface area contributed by atoms with Crippen LogP contribution < -0.4 is 10.1 Å². The highest BCUT2D eigenvalue weighted by atomic mass is 16.5. The lowest BCUT2D eigenvalue weighted by atomic mass is 10.2. The van der Waals surface area contributed by atoms with Gasteiger partial charge < -0.3 is 14.6 Å². The highest BCUT2D eigenvalue weighted by Crippen LogP contribution is 2.14. The lowest BCUT2D eigenvalue weighted by molar-refractivity contribution is 0.291. The van der Waals surface area contributed by atoms with Gasteiger partial charge >= 0.3 is 0 Å². The Hall–Kier alpha value is -1.88. The van der Waals surface area contributed by atoms with Crippen molar-refractivity contribution in [1.82, 2.24) is 20.1 Å². The maximum atomic E-state index is 5.67. The van der Waals surface area contributed by atoms with Crippen molar-refractivity contribution in [2.75, 3.05) is 7.05 Å². The number of aromatic nitrogens is 3. The first-order valence-electron chi connectivity index (χ1n) is 5.49. The summed E-state index contributed by atoms with van der Waals surface area (Å²) in [5, 5.41) is 10.9. The zero-order valence-electron chi connectivity index (χ0n) is 10.1. The van der Waals surface area contributed by atoms with Crippen molar-refractivity contribution in [3.8, 4) is 5.75 Å². The summed E-state index contributed by atoms with van der Waals surface area (Å²) in [6.07, 6.45) is 1.66. The predicted octanol–water partition coefficient (Wildman–Crippen LogP) is 1.11. The Bertz CT molecular complexity index is 481. The molecule has 2 rings (SSSR count). The van der Waals surface area contributed by atoms with E-state index in [2.05, 4.69) is 21.6 Å². The Morgan fingerprint density at radius 1 is 1.41 bits per heavy atom. The van der Waals surface area contributed by atoms with Gasteiger partial charge in [0, 0.05) is 13.6 Å². The van der Waals surface area contributed by atoms with Gasteiger partial charge in [-0.2, -0.15) is 0 Å². The fraction of sp³-hybridized carbons (Fsp3) is 0.333. The highest BCUT2D eigenvalue weighted by molar-refractivity contribution is 5.28. The van der Waals surface area contributed by atoms with Crippen molar-refractivity contribution < 1.29 is 4.74 Å². The smallest absolute Gasteiger partial charge is 0.170 e.